The molecule has 0 saturated carbocycles. The van der Waals surface area contributed by atoms with E-state index in [4.69, 9.17) is 4.74 Å². The van der Waals surface area contributed by atoms with Crippen LogP contribution in [0.5, 0.6) is 5.75 Å². The molecule has 1 fully saturated rings. The first-order valence-electron chi connectivity index (χ1n) is 8.28. The number of amides is 1. The van der Waals surface area contributed by atoms with Gasteiger partial charge in [-0.25, -0.2) is 17.2 Å². The number of ether oxygens (including phenoxy) is 1. The highest BCUT2D eigenvalue weighted by Gasteiger charge is 2.24. The SMILES string of the molecule is COc1cc(NS(=O)(=O)c2cc(F)ccc2F)ccc1N1CCCCC1=O. The van der Waals surface area contributed by atoms with Gasteiger partial charge in [0, 0.05) is 19.0 Å². The smallest absolute Gasteiger partial charge is 0.264 e. The zero-order valence-electron chi connectivity index (χ0n) is 14.5. The summed E-state index contributed by atoms with van der Waals surface area (Å²) in [6.07, 6.45) is 2.13. The molecule has 0 unspecified atom stereocenters. The zero-order chi connectivity index (χ0) is 19.6. The Morgan fingerprint density at radius 2 is 1.89 bits per heavy atom. The summed E-state index contributed by atoms with van der Waals surface area (Å²) in [4.78, 5) is 12.9. The van der Waals surface area contributed by atoms with Gasteiger partial charge in [-0.1, -0.05) is 0 Å². The zero-order valence-corrected chi connectivity index (χ0v) is 15.4. The average molecular weight is 396 g/mol. The Hall–Kier alpha value is -2.68. The Balaban J connectivity index is 1.91. The molecule has 1 amide bonds. The fourth-order valence-electron chi connectivity index (χ4n) is 2.92. The molecular formula is C18H18F2N2O4S. The molecule has 2 aromatic carbocycles. The van der Waals surface area contributed by atoms with Crippen molar-refractivity contribution in [1.29, 1.82) is 0 Å². The number of carbonyl (C=O) groups excluding carboxylic acids is 1. The molecule has 27 heavy (non-hydrogen) atoms. The Morgan fingerprint density at radius 1 is 1.11 bits per heavy atom. The number of halogens is 2. The predicted molar refractivity (Wildman–Crippen MR) is 96.4 cm³/mol. The van der Waals surface area contributed by atoms with Crippen molar-refractivity contribution in [3.63, 3.8) is 0 Å². The summed E-state index contributed by atoms with van der Waals surface area (Å²) in [6, 6.07) is 6.58. The topological polar surface area (TPSA) is 75.7 Å². The van der Waals surface area contributed by atoms with E-state index in [0.29, 0.717) is 30.5 Å². The largest absolute Gasteiger partial charge is 0.494 e. The monoisotopic (exact) mass is 396 g/mol. The van der Waals surface area contributed by atoms with Gasteiger partial charge in [-0.15, -0.1) is 0 Å². The van der Waals surface area contributed by atoms with Crippen LogP contribution < -0.4 is 14.4 Å². The van der Waals surface area contributed by atoms with Gasteiger partial charge < -0.3 is 9.64 Å². The average Bonchev–Trinajstić information content (AvgIpc) is 2.64. The van der Waals surface area contributed by atoms with Gasteiger partial charge in [-0.3, -0.25) is 9.52 Å². The normalized spacial score (nSPS) is 14.9. The third-order valence-electron chi connectivity index (χ3n) is 4.23. The lowest BCUT2D eigenvalue weighted by molar-refractivity contribution is -0.119. The maximum atomic E-state index is 13.8. The van der Waals surface area contributed by atoms with Crippen LogP contribution in [0, 0.1) is 11.6 Å². The molecule has 0 radical (unpaired) electrons. The summed E-state index contributed by atoms with van der Waals surface area (Å²) in [7, 11) is -2.94. The lowest BCUT2D eigenvalue weighted by Crippen LogP contribution is -2.35. The van der Waals surface area contributed by atoms with Crippen molar-refractivity contribution in [3.8, 4) is 5.75 Å². The van der Waals surface area contributed by atoms with Crippen molar-refractivity contribution >= 4 is 27.3 Å². The molecule has 1 N–H and O–H groups in total. The van der Waals surface area contributed by atoms with Crippen molar-refractivity contribution in [2.24, 2.45) is 0 Å². The summed E-state index contributed by atoms with van der Waals surface area (Å²) in [5.74, 6) is -1.67. The van der Waals surface area contributed by atoms with Crippen molar-refractivity contribution < 1.29 is 26.7 Å². The predicted octanol–water partition coefficient (Wildman–Crippen LogP) is 3.29. The van der Waals surface area contributed by atoms with E-state index in [2.05, 4.69) is 4.72 Å². The van der Waals surface area contributed by atoms with Crippen LogP contribution >= 0.6 is 0 Å². The molecule has 1 heterocycles. The maximum absolute atomic E-state index is 13.8. The molecule has 2 aromatic rings. The summed E-state index contributed by atoms with van der Waals surface area (Å²) in [5.41, 5.74) is 0.630. The van der Waals surface area contributed by atoms with Crippen LogP contribution in [0.25, 0.3) is 0 Å². The van der Waals surface area contributed by atoms with Crippen molar-refractivity contribution in [2.75, 3.05) is 23.3 Å². The van der Waals surface area contributed by atoms with Gasteiger partial charge in [0.15, 0.2) is 0 Å². The molecule has 1 saturated heterocycles. The van der Waals surface area contributed by atoms with E-state index in [1.54, 1.807) is 11.0 Å². The fourth-order valence-corrected chi connectivity index (χ4v) is 4.06. The molecule has 0 aliphatic carbocycles. The van der Waals surface area contributed by atoms with Gasteiger partial charge in [0.25, 0.3) is 10.0 Å². The van der Waals surface area contributed by atoms with Gasteiger partial charge in [-0.05, 0) is 43.2 Å². The highest BCUT2D eigenvalue weighted by molar-refractivity contribution is 7.92. The Labute approximate surface area is 155 Å². The minimum atomic E-state index is -4.34. The molecule has 6 nitrogen and oxygen atoms in total. The third kappa shape index (κ3) is 4.02. The van der Waals surface area contributed by atoms with Crippen LogP contribution in [-0.2, 0) is 14.8 Å². The van der Waals surface area contributed by atoms with Gasteiger partial charge >= 0.3 is 0 Å². The van der Waals surface area contributed by atoms with E-state index in [1.807, 2.05) is 0 Å². The quantitative estimate of drug-likeness (QED) is 0.842. The standard InChI is InChI=1S/C18H18F2N2O4S/c1-26-16-11-13(6-8-15(16)22-9-3-2-4-18(22)23)21-27(24,25)17-10-12(19)5-7-14(17)20/h5-8,10-11,21H,2-4,9H2,1H3. The molecule has 9 heteroatoms. The van der Waals surface area contributed by atoms with Crippen molar-refractivity contribution in [1.82, 2.24) is 0 Å². The molecule has 3 rings (SSSR count). The first-order chi connectivity index (χ1) is 12.8. The number of benzene rings is 2. The number of hydrogen-bond donors (Lipinski definition) is 1. The molecule has 1 aliphatic heterocycles. The number of sulfonamides is 1. The number of hydrogen-bond acceptors (Lipinski definition) is 4. The van der Waals surface area contributed by atoms with E-state index >= 15 is 0 Å². The van der Waals surface area contributed by atoms with Crippen LogP contribution in [0.1, 0.15) is 19.3 Å². The van der Waals surface area contributed by atoms with Crippen LogP contribution in [-0.4, -0.2) is 28.0 Å². The van der Waals surface area contributed by atoms with E-state index in [1.165, 1.54) is 19.2 Å². The molecule has 1 aliphatic rings. The second-order valence-electron chi connectivity index (χ2n) is 6.07. The molecule has 0 spiro atoms. The fraction of sp³-hybridized carbons (Fsp3) is 0.278. The van der Waals surface area contributed by atoms with Crippen molar-refractivity contribution in [3.05, 3.63) is 48.0 Å². The maximum Gasteiger partial charge on any atom is 0.264 e. The van der Waals surface area contributed by atoms with E-state index in [0.717, 1.165) is 25.0 Å². The Morgan fingerprint density at radius 3 is 2.59 bits per heavy atom. The van der Waals surface area contributed by atoms with Crippen LogP contribution in [0.2, 0.25) is 0 Å². The van der Waals surface area contributed by atoms with Gasteiger partial charge in [0.1, 0.15) is 22.3 Å². The highest BCUT2D eigenvalue weighted by Crippen LogP contribution is 2.34. The van der Waals surface area contributed by atoms with Gasteiger partial charge in [0.05, 0.1) is 18.5 Å². The minimum absolute atomic E-state index is 0.0327. The number of methoxy groups -OCH3 is 1. The molecular weight excluding hydrogens is 378 g/mol. The first kappa shape index (κ1) is 19.1. The highest BCUT2D eigenvalue weighted by atomic mass is 32.2. The summed E-state index contributed by atoms with van der Waals surface area (Å²) in [6.45, 7) is 0.550. The summed E-state index contributed by atoms with van der Waals surface area (Å²) < 4.78 is 59.4. The van der Waals surface area contributed by atoms with Crippen LogP contribution in [0.4, 0.5) is 20.2 Å². The second kappa shape index (κ2) is 7.51. The minimum Gasteiger partial charge on any atom is -0.494 e. The van der Waals surface area contributed by atoms with Gasteiger partial charge in [-0.2, -0.15) is 0 Å². The van der Waals surface area contributed by atoms with E-state index in [9.17, 15) is 22.0 Å². The second-order valence-corrected chi connectivity index (χ2v) is 7.72. The van der Waals surface area contributed by atoms with E-state index < -0.39 is 26.6 Å². The van der Waals surface area contributed by atoms with Crippen LogP contribution in [0.3, 0.4) is 0 Å². The van der Waals surface area contributed by atoms with Crippen molar-refractivity contribution in [2.45, 2.75) is 24.2 Å². The first-order valence-corrected chi connectivity index (χ1v) is 9.76. The molecule has 0 bridgehead atoms. The number of anilines is 2. The number of nitrogens with one attached hydrogen (secondary N) is 1. The lowest BCUT2D eigenvalue weighted by atomic mass is 10.1. The lowest BCUT2D eigenvalue weighted by Gasteiger charge is -2.28. The number of piperidine rings is 1. The Bertz CT molecular complexity index is 979. The third-order valence-corrected chi connectivity index (χ3v) is 5.63. The van der Waals surface area contributed by atoms with Gasteiger partial charge in [0.2, 0.25) is 5.91 Å². The Kier molecular flexibility index (Phi) is 5.31. The summed E-state index contributed by atoms with van der Waals surface area (Å²) in [5, 5.41) is 0. The molecule has 0 atom stereocenters. The number of rotatable bonds is 5. The van der Waals surface area contributed by atoms with E-state index in [-0.39, 0.29) is 11.6 Å². The van der Waals surface area contributed by atoms with Crippen LogP contribution in [0.15, 0.2) is 41.3 Å². The number of nitrogens with zero attached hydrogens (tertiary/aromatic N) is 1. The number of carbonyl (C=O) groups is 1. The molecule has 144 valence electrons. The molecule has 0 aromatic heterocycles. The summed E-state index contributed by atoms with van der Waals surface area (Å²) >= 11 is 0.